The number of nitrogens with zero attached hydrogens (tertiary/aromatic N) is 1. The van der Waals surface area contributed by atoms with Gasteiger partial charge < -0.3 is 20.5 Å². The lowest BCUT2D eigenvalue weighted by atomic mass is 9.96. The molecule has 42 heavy (non-hydrogen) atoms. The number of ether oxygens (including phenoxy) is 1. The Labute approximate surface area is 251 Å². The normalized spacial score (nSPS) is 20.6. The highest BCUT2D eigenvalue weighted by molar-refractivity contribution is 8.00. The minimum absolute atomic E-state index is 0.0576. The summed E-state index contributed by atoms with van der Waals surface area (Å²) in [6.07, 6.45) is 5.65. The predicted octanol–water partition coefficient (Wildman–Crippen LogP) is 3.82. The highest BCUT2D eigenvalue weighted by Gasteiger charge is 2.54. The van der Waals surface area contributed by atoms with E-state index in [1.165, 1.54) is 35.1 Å². The number of aliphatic carboxylic acids is 1. The number of aryl methyl sites for hydroxylation is 1. The molecule has 13 heteroatoms. The molecule has 4 amide bonds. The molecule has 3 atom stereocenters. The smallest absolute Gasteiger partial charge is 0.352 e. The Balaban J connectivity index is 1.35. The fourth-order valence-electron chi connectivity index (χ4n) is 5.55. The van der Waals surface area contributed by atoms with Gasteiger partial charge in [0.15, 0.2) is 0 Å². The molecule has 0 bridgehead atoms. The Morgan fingerprint density at radius 2 is 1.79 bits per heavy atom. The van der Waals surface area contributed by atoms with Crippen molar-refractivity contribution in [2.24, 2.45) is 0 Å². The van der Waals surface area contributed by atoms with E-state index in [0.29, 0.717) is 27.5 Å². The number of hydrogen-bond donors (Lipinski definition) is 4. The predicted molar refractivity (Wildman–Crippen MR) is 158 cm³/mol. The van der Waals surface area contributed by atoms with E-state index in [0.717, 1.165) is 49.0 Å². The number of benzene rings is 1. The Kier molecular flexibility index (Phi) is 8.88. The zero-order valence-electron chi connectivity index (χ0n) is 23.2. The van der Waals surface area contributed by atoms with Crippen LogP contribution in [-0.4, -0.2) is 64.1 Å². The van der Waals surface area contributed by atoms with E-state index in [4.69, 9.17) is 4.74 Å². The Morgan fingerprint density at radius 3 is 2.48 bits per heavy atom. The second kappa shape index (κ2) is 12.6. The van der Waals surface area contributed by atoms with Crippen LogP contribution in [0.25, 0.3) is 0 Å². The molecule has 0 spiro atoms. The number of β-lactam (4-membered cyclic amide) rings is 1. The second-order valence-electron chi connectivity index (χ2n) is 10.4. The van der Waals surface area contributed by atoms with E-state index >= 15 is 0 Å². The largest absolute Gasteiger partial charge is 0.477 e. The first-order chi connectivity index (χ1) is 20.2. The molecule has 1 aliphatic carbocycles. The number of methoxy groups -OCH3 is 1. The summed E-state index contributed by atoms with van der Waals surface area (Å²) in [5.41, 5.74) is 2.26. The van der Waals surface area contributed by atoms with Crippen LogP contribution >= 0.6 is 23.1 Å². The summed E-state index contributed by atoms with van der Waals surface area (Å²) in [7, 11) is 1.30. The first-order valence-corrected chi connectivity index (χ1v) is 15.6. The van der Waals surface area contributed by atoms with Crippen molar-refractivity contribution in [1.82, 2.24) is 15.5 Å². The topological polar surface area (TPSA) is 154 Å². The Hall–Kier alpha value is -3.84. The van der Waals surface area contributed by atoms with Crippen LogP contribution in [-0.2, 0) is 32.0 Å². The van der Waals surface area contributed by atoms with Gasteiger partial charge in [-0.25, -0.2) is 14.4 Å². The van der Waals surface area contributed by atoms with Crippen molar-refractivity contribution in [3.05, 3.63) is 63.2 Å². The average Bonchev–Trinajstić information content (AvgIpc) is 3.29. The van der Waals surface area contributed by atoms with E-state index in [1.54, 1.807) is 37.3 Å². The molecule has 0 saturated carbocycles. The SMILES string of the molecule is COC(=O)c1c(NC(=O)N[C@@H](C(=O)N[C@@H]2C(=O)N3C(C(=O)O)=C(C)CS[C@H]23)c2ccccc2)sc2c1CCCCCC2. The van der Waals surface area contributed by atoms with Crippen molar-refractivity contribution in [2.75, 3.05) is 18.2 Å². The molecule has 2 aliphatic heterocycles. The maximum atomic E-state index is 13.6. The number of thiophene rings is 1. The highest BCUT2D eigenvalue weighted by atomic mass is 32.2. The van der Waals surface area contributed by atoms with Gasteiger partial charge in [0.05, 0.1) is 12.7 Å². The van der Waals surface area contributed by atoms with Crippen LogP contribution in [0.2, 0.25) is 0 Å². The van der Waals surface area contributed by atoms with Gasteiger partial charge in [-0.3, -0.25) is 19.8 Å². The molecular weight excluding hydrogens is 580 g/mol. The molecule has 222 valence electrons. The molecule has 4 N–H and O–H groups in total. The summed E-state index contributed by atoms with van der Waals surface area (Å²) in [6, 6.07) is 5.78. The zero-order chi connectivity index (χ0) is 30.0. The van der Waals surface area contributed by atoms with Gasteiger partial charge in [-0.05, 0) is 49.3 Å². The van der Waals surface area contributed by atoms with E-state index in [9.17, 15) is 29.1 Å². The summed E-state index contributed by atoms with van der Waals surface area (Å²) in [6.45, 7) is 1.67. The van der Waals surface area contributed by atoms with Crippen LogP contribution in [0.1, 0.15) is 65.0 Å². The first-order valence-electron chi connectivity index (χ1n) is 13.7. The number of carboxylic acid groups (broad SMARTS) is 1. The molecule has 1 saturated heterocycles. The summed E-state index contributed by atoms with van der Waals surface area (Å²) >= 11 is 2.72. The molecule has 1 aromatic carbocycles. The number of carbonyl (C=O) groups is 5. The average molecular weight is 613 g/mol. The zero-order valence-corrected chi connectivity index (χ0v) is 24.9. The molecule has 3 heterocycles. The Morgan fingerprint density at radius 1 is 1.07 bits per heavy atom. The third-order valence-electron chi connectivity index (χ3n) is 7.62. The van der Waals surface area contributed by atoms with Gasteiger partial charge in [-0.15, -0.1) is 23.1 Å². The van der Waals surface area contributed by atoms with Crippen molar-refractivity contribution in [1.29, 1.82) is 0 Å². The van der Waals surface area contributed by atoms with Crippen LogP contribution in [0.3, 0.4) is 0 Å². The maximum Gasteiger partial charge on any atom is 0.352 e. The van der Waals surface area contributed by atoms with Gasteiger partial charge in [0.25, 0.3) is 5.91 Å². The number of hydrogen-bond acceptors (Lipinski definition) is 8. The number of carboxylic acids is 1. The summed E-state index contributed by atoms with van der Waals surface area (Å²) in [4.78, 5) is 66.6. The fraction of sp³-hybridized carbons (Fsp3) is 0.414. The van der Waals surface area contributed by atoms with Crippen molar-refractivity contribution in [3.8, 4) is 0 Å². The van der Waals surface area contributed by atoms with Gasteiger partial charge in [-0.1, -0.05) is 43.2 Å². The second-order valence-corrected chi connectivity index (χ2v) is 12.6. The van der Waals surface area contributed by atoms with Crippen molar-refractivity contribution in [3.63, 3.8) is 0 Å². The summed E-state index contributed by atoms with van der Waals surface area (Å²) < 4.78 is 5.04. The number of anilines is 1. The van der Waals surface area contributed by atoms with E-state index < -0.39 is 47.2 Å². The molecule has 0 radical (unpaired) electrons. The van der Waals surface area contributed by atoms with Gasteiger partial charge in [0, 0.05) is 10.6 Å². The van der Waals surface area contributed by atoms with E-state index in [-0.39, 0.29) is 5.70 Å². The first kappa shape index (κ1) is 29.6. The lowest BCUT2D eigenvalue weighted by Gasteiger charge is -2.49. The maximum absolute atomic E-state index is 13.6. The van der Waals surface area contributed by atoms with Gasteiger partial charge in [0.2, 0.25) is 5.91 Å². The number of thioether (sulfide) groups is 1. The molecule has 3 aliphatic rings. The number of nitrogens with one attached hydrogen (secondary N) is 3. The van der Waals surface area contributed by atoms with Crippen molar-refractivity contribution >= 4 is 57.9 Å². The lowest BCUT2D eigenvalue weighted by molar-refractivity contribution is -0.151. The van der Waals surface area contributed by atoms with Gasteiger partial charge in [0.1, 0.15) is 28.2 Å². The monoisotopic (exact) mass is 612 g/mol. The van der Waals surface area contributed by atoms with Crippen LogP contribution < -0.4 is 16.0 Å². The molecule has 5 rings (SSSR count). The lowest BCUT2D eigenvalue weighted by Crippen LogP contribution is -2.71. The van der Waals surface area contributed by atoms with Crippen LogP contribution in [0.5, 0.6) is 0 Å². The number of amides is 4. The minimum atomic E-state index is -1.19. The molecule has 1 fully saturated rings. The number of carbonyl (C=O) groups excluding carboxylic acids is 4. The fourth-order valence-corrected chi connectivity index (χ4v) is 8.12. The highest BCUT2D eigenvalue weighted by Crippen LogP contribution is 2.40. The number of rotatable bonds is 7. The number of urea groups is 1. The Bertz CT molecular complexity index is 1460. The molecule has 1 aromatic heterocycles. The van der Waals surface area contributed by atoms with Crippen molar-refractivity contribution < 1.29 is 33.8 Å². The quantitative estimate of drug-likeness (QED) is 0.272. The van der Waals surface area contributed by atoms with Gasteiger partial charge >= 0.3 is 18.0 Å². The van der Waals surface area contributed by atoms with Crippen LogP contribution in [0.4, 0.5) is 9.80 Å². The standard InChI is InChI=1S/C29H32N4O7S2/c1-15-14-41-26-21(25(35)33(26)22(15)27(36)37)30-23(34)20(16-10-6-5-7-11-16)31-29(39)32-24-19(28(38)40-2)17-12-8-3-4-9-13-18(17)42-24/h5-7,10-11,20-21,26H,3-4,8-9,12-14H2,1-2H3,(H,30,34)(H,36,37)(H2,31,32,39)/t20-,21-,26-/m1/s1. The summed E-state index contributed by atoms with van der Waals surface area (Å²) in [5, 5.41) is 17.6. The van der Waals surface area contributed by atoms with Crippen molar-refractivity contribution in [2.45, 2.75) is 62.9 Å². The van der Waals surface area contributed by atoms with Crippen LogP contribution in [0.15, 0.2) is 41.6 Å². The minimum Gasteiger partial charge on any atom is -0.477 e. The third kappa shape index (κ3) is 5.75. The molecular formula is C29H32N4O7S2. The van der Waals surface area contributed by atoms with E-state index in [2.05, 4.69) is 16.0 Å². The molecule has 0 unspecified atom stereocenters. The molecule has 2 aromatic rings. The summed E-state index contributed by atoms with van der Waals surface area (Å²) in [5.74, 6) is -2.44. The van der Waals surface area contributed by atoms with Gasteiger partial charge in [-0.2, -0.15) is 0 Å². The third-order valence-corrected chi connectivity index (χ3v) is 10.2. The number of fused-ring (bicyclic) bond motifs is 2. The number of esters is 1. The van der Waals surface area contributed by atoms with Crippen LogP contribution in [0, 0.1) is 0 Å². The van der Waals surface area contributed by atoms with E-state index in [1.807, 2.05) is 0 Å². The molecule has 11 nitrogen and oxygen atoms in total.